The second-order valence-electron chi connectivity index (χ2n) is 4.03. The molecule has 2 aromatic rings. The van der Waals surface area contributed by atoms with Crippen molar-refractivity contribution in [3.05, 3.63) is 12.0 Å². The Kier molecular flexibility index (Phi) is 2.32. The van der Waals surface area contributed by atoms with Gasteiger partial charge >= 0.3 is 0 Å². The summed E-state index contributed by atoms with van der Waals surface area (Å²) in [6.45, 7) is 0.754. The molecule has 0 amide bonds. The number of nitrogen functional groups attached to an aromatic ring is 1. The molecule has 0 aliphatic carbocycles. The van der Waals surface area contributed by atoms with Crippen LogP contribution >= 0.6 is 0 Å². The van der Waals surface area contributed by atoms with Crippen LogP contribution in [0.15, 0.2) is 10.7 Å². The van der Waals surface area contributed by atoms with E-state index in [-0.39, 0.29) is 6.10 Å². The van der Waals surface area contributed by atoms with E-state index in [2.05, 4.69) is 15.2 Å². The largest absolute Gasteiger partial charge is 0.383 e. The number of ether oxygens (including phenoxy) is 1. The second-order valence-corrected chi connectivity index (χ2v) is 4.03. The van der Waals surface area contributed by atoms with Crippen molar-refractivity contribution in [1.29, 1.82) is 0 Å². The van der Waals surface area contributed by atoms with Crippen molar-refractivity contribution in [1.82, 2.24) is 19.9 Å². The van der Waals surface area contributed by atoms with Gasteiger partial charge in [-0.05, 0) is 12.8 Å². The molecule has 0 radical (unpaired) electrons. The van der Waals surface area contributed by atoms with Gasteiger partial charge in [0.15, 0.2) is 0 Å². The van der Waals surface area contributed by atoms with Gasteiger partial charge in [0.05, 0.1) is 6.20 Å². The van der Waals surface area contributed by atoms with Crippen LogP contribution in [0.1, 0.15) is 24.8 Å². The van der Waals surface area contributed by atoms with Crippen LogP contribution in [0.5, 0.6) is 0 Å². The van der Waals surface area contributed by atoms with Crippen LogP contribution in [0, 0.1) is 0 Å². The van der Waals surface area contributed by atoms with Crippen molar-refractivity contribution < 1.29 is 9.26 Å². The molecule has 3 rings (SSSR count). The summed E-state index contributed by atoms with van der Waals surface area (Å²) in [7, 11) is 1.76. The Bertz CT molecular complexity index is 527. The third-order valence-electron chi connectivity index (χ3n) is 2.87. The average molecular weight is 235 g/mol. The zero-order chi connectivity index (χ0) is 11.8. The lowest BCUT2D eigenvalue weighted by Crippen LogP contribution is -1.99. The lowest BCUT2D eigenvalue weighted by Gasteiger charge is -2.00. The normalized spacial score (nSPS) is 19.9. The van der Waals surface area contributed by atoms with E-state index in [1.165, 1.54) is 0 Å². The average Bonchev–Trinajstić information content (AvgIpc) is 3.01. The van der Waals surface area contributed by atoms with Gasteiger partial charge in [0, 0.05) is 13.7 Å². The topological polar surface area (TPSA) is 92.0 Å². The minimum atomic E-state index is -0.0506. The number of rotatable bonds is 2. The summed E-state index contributed by atoms with van der Waals surface area (Å²) in [6, 6.07) is 0. The van der Waals surface area contributed by atoms with E-state index in [9.17, 15) is 0 Å². The summed E-state index contributed by atoms with van der Waals surface area (Å²) < 4.78 is 12.2. The van der Waals surface area contributed by atoms with Crippen molar-refractivity contribution in [2.24, 2.45) is 7.05 Å². The Hall–Kier alpha value is -1.89. The highest BCUT2D eigenvalue weighted by Crippen LogP contribution is 2.29. The molecule has 1 aliphatic heterocycles. The maximum absolute atomic E-state index is 5.84. The van der Waals surface area contributed by atoms with Gasteiger partial charge in [-0.25, -0.2) is 0 Å². The van der Waals surface area contributed by atoms with Gasteiger partial charge in [0.2, 0.25) is 5.82 Å². The van der Waals surface area contributed by atoms with E-state index in [0.29, 0.717) is 23.1 Å². The van der Waals surface area contributed by atoms with Gasteiger partial charge in [0.1, 0.15) is 17.5 Å². The molecular formula is C10H13N5O2. The first kappa shape index (κ1) is 10.3. The number of anilines is 1. The predicted molar refractivity (Wildman–Crippen MR) is 58.8 cm³/mol. The number of aryl methyl sites for hydroxylation is 1. The molecule has 0 saturated carbocycles. The summed E-state index contributed by atoms with van der Waals surface area (Å²) in [5.41, 5.74) is 6.50. The molecule has 0 aromatic carbocycles. The molecule has 7 nitrogen and oxygen atoms in total. The SMILES string of the molecule is Cn1ncc(-c2nc(C3CCCO3)no2)c1N. The Labute approximate surface area is 97.6 Å². The maximum Gasteiger partial charge on any atom is 0.263 e. The van der Waals surface area contributed by atoms with Gasteiger partial charge in [0.25, 0.3) is 5.89 Å². The highest BCUT2D eigenvalue weighted by molar-refractivity contribution is 5.66. The van der Waals surface area contributed by atoms with E-state index in [4.69, 9.17) is 15.0 Å². The Morgan fingerprint density at radius 3 is 3.06 bits per heavy atom. The molecule has 17 heavy (non-hydrogen) atoms. The number of nitrogens with two attached hydrogens (primary N) is 1. The van der Waals surface area contributed by atoms with Crippen LogP contribution in [0.3, 0.4) is 0 Å². The van der Waals surface area contributed by atoms with Crippen molar-refractivity contribution in [2.45, 2.75) is 18.9 Å². The van der Waals surface area contributed by atoms with Crippen LogP contribution in [0.25, 0.3) is 11.5 Å². The first-order valence-electron chi connectivity index (χ1n) is 5.49. The monoisotopic (exact) mass is 235 g/mol. The summed E-state index contributed by atoms with van der Waals surface area (Å²) >= 11 is 0. The predicted octanol–water partition coefficient (Wildman–Crippen LogP) is 0.904. The summed E-state index contributed by atoms with van der Waals surface area (Å²) in [5.74, 6) is 1.48. The maximum atomic E-state index is 5.84. The molecule has 1 fully saturated rings. The number of hydrogen-bond donors (Lipinski definition) is 1. The first-order chi connectivity index (χ1) is 8.25. The van der Waals surface area contributed by atoms with Gasteiger partial charge in [-0.15, -0.1) is 0 Å². The zero-order valence-corrected chi connectivity index (χ0v) is 9.46. The van der Waals surface area contributed by atoms with E-state index in [0.717, 1.165) is 19.4 Å². The third-order valence-corrected chi connectivity index (χ3v) is 2.87. The van der Waals surface area contributed by atoms with E-state index < -0.39 is 0 Å². The van der Waals surface area contributed by atoms with Crippen LogP contribution < -0.4 is 5.73 Å². The van der Waals surface area contributed by atoms with Crippen molar-refractivity contribution in [3.8, 4) is 11.5 Å². The molecule has 1 aliphatic rings. The number of hydrogen-bond acceptors (Lipinski definition) is 6. The Balaban J connectivity index is 1.91. The third kappa shape index (κ3) is 1.68. The van der Waals surface area contributed by atoms with Gasteiger partial charge in [-0.2, -0.15) is 10.1 Å². The minimum Gasteiger partial charge on any atom is -0.383 e. The van der Waals surface area contributed by atoms with Crippen LogP contribution in [0.2, 0.25) is 0 Å². The van der Waals surface area contributed by atoms with Crippen molar-refractivity contribution in [3.63, 3.8) is 0 Å². The molecular weight excluding hydrogens is 222 g/mol. The smallest absolute Gasteiger partial charge is 0.263 e. The first-order valence-corrected chi connectivity index (χ1v) is 5.49. The van der Waals surface area contributed by atoms with E-state index >= 15 is 0 Å². The fourth-order valence-electron chi connectivity index (χ4n) is 1.87. The van der Waals surface area contributed by atoms with Gasteiger partial charge in [-0.1, -0.05) is 5.16 Å². The second kappa shape index (κ2) is 3.85. The summed E-state index contributed by atoms with van der Waals surface area (Å²) in [5, 5.41) is 7.95. The molecule has 1 saturated heterocycles. The van der Waals surface area contributed by atoms with Gasteiger partial charge in [-0.3, -0.25) is 4.68 Å². The Morgan fingerprint density at radius 2 is 2.41 bits per heavy atom. The molecule has 2 aromatic heterocycles. The molecule has 1 unspecified atom stereocenters. The van der Waals surface area contributed by atoms with E-state index in [1.807, 2.05) is 0 Å². The highest BCUT2D eigenvalue weighted by atomic mass is 16.5. The molecule has 2 N–H and O–H groups in total. The molecule has 0 bridgehead atoms. The minimum absolute atomic E-state index is 0.0506. The summed E-state index contributed by atoms with van der Waals surface area (Å²) in [4.78, 5) is 4.30. The quantitative estimate of drug-likeness (QED) is 0.831. The van der Waals surface area contributed by atoms with E-state index in [1.54, 1.807) is 17.9 Å². The zero-order valence-electron chi connectivity index (χ0n) is 9.46. The number of aromatic nitrogens is 4. The molecule has 90 valence electrons. The van der Waals surface area contributed by atoms with Crippen molar-refractivity contribution in [2.75, 3.05) is 12.3 Å². The van der Waals surface area contributed by atoms with Crippen LogP contribution in [-0.4, -0.2) is 26.5 Å². The number of nitrogens with zero attached hydrogens (tertiary/aromatic N) is 4. The lowest BCUT2D eigenvalue weighted by atomic mass is 10.2. The van der Waals surface area contributed by atoms with Crippen molar-refractivity contribution >= 4 is 5.82 Å². The molecule has 7 heteroatoms. The highest BCUT2D eigenvalue weighted by Gasteiger charge is 2.24. The fourth-order valence-corrected chi connectivity index (χ4v) is 1.87. The van der Waals surface area contributed by atoms with Crippen LogP contribution in [0.4, 0.5) is 5.82 Å². The summed E-state index contributed by atoms with van der Waals surface area (Å²) in [6.07, 6.45) is 3.53. The molecule has 3 heterocycles. The standard InChI is InChI=1S/C10H13N5O2/c1-15-8(11)6(5-12-15)10-13-9(14-17-10)7-3-2-4-16-7/h5,7H,2-4,11H2,1H3. The molecule has 0 spiro atoms. The molecule has 1 atom stereocenters. The lowest BCUT2D eigenvalue weighted by molar-refractivity contribution is 0.103. The Morgan fingerprint density at radius 1 is 1.53 bits per heavy atom. The fraction of sp³-hybridized carbons (Fsp3) is 0.500. The van der Waals surface area contributed by atoms with Gasteiger partial charge < -0.3 is 15.0 Å². The van der Waals surface area contributed by atoms with Crippen LogP contribution in [-0.2, 0) is 11.8 Å².